The summed E-state index contributed by atoms with van der Waals surface area (Å²) < 4.78 is 5.50. The van der Waals surface area contributed by atoms with Crippen molar-refractivity contribution in [2.75, 3.05) is 7.11 Å². The van der Waals surface area contributed by atoms with E-state index in [1.165, 1.54) is 5.57 Å². The van der Waals surface area contributed by atoms with E-state index in [0.717, 1.165) is 44.3 Å². The lowest BCUT2D eigenvalue weighted by molar-refractivity contribution is -0.0932. The molecule has 1 N–H and O–H groups in total. The van der Waals surface area contributed by atoms with E-state index in [0.29, 0.717) is 24.2 Å². The fourth-order valence-electron chi connectivity index (χ4n) is 6.66. The topological polar surface area (TPSA) is 53.2 Å². The van der Waals surface area contributed by atoms with Gasteiger partial charge in [0.05, 0.1) is 18.9 Å². The average Bonchev–Trinajstić information content (AvgIpc) is 2.86. The highest BCUT2D eigenvalue weighted by Gasteiger charge is 2.63. The SMILES string of the molecule is COC1=CC2=CC[C@@H]3[C@H](CC[C@@]4(C)[C@H]3CC[C@]4(O)C#N)[C@@]2(C)CC1. The van der Waals surface area contributed by atoms with Gasteiger partial charge in [0.25, 0.3) is 0 Å². The fraction of sp³-hybridized carbons (Fsp3) is 0.762. The minimum absolute atomic E-state index is 0.229. The number of nitriles is 1. The second-order valence-corrected chi connectivity index (χ2v) is 8.97. The van der Waals surface area contributed by atoms with Gasteiger partial charge in [-0.3, -0.25) is 0 Å². The first-order chi connectivity index (χ1) is 11.4. The number of hydrogen-bond acceptors (Lipinski definition) is 3. The molecule has 3 nitrogen and oxygen atoms in total. The first-order valence-electron chi connectivity index (χ1n) is 9.47. The van der Waals surface area contributed by atoms with Crippen molar-refractivity contribution in [3.8, 4) is 6.07 Å². The predicted octanol–water partition coefficient (Wildman–Crippen LogP) is 4.34. The van der Waals surface area contributed by atoms with E-state index in [9.17, 15) is 10.4 Å². The molecule has 0 aromatic rings. The summed E-state index contributed by atoms with van der Waals surface area (Å²) in [6.45, 7) is 4.61. The summed E-state index contributed by atoms with van der Waals surface area (Å²) in [5, 5.41) is 20.5. The molecule has 4 rings (SSSR count). The minimum Gasteiger partial charge on any atom is -0.501 e. The average molecular weight is 327 g/mol. The fourth-order valence-corrected chi connectivity index (χ4v) is 6.66. The van der Waals surface area contributed by atoms with E-state index in [4.69, 9.17) is 4.74 Å². The van der Waals surface area contributed by atoms with E-state index >= 15 is 0 Å². The van der Waals surface area contributed by atoms with Gasteiger partial charge < -0.3 is 9.84 Å². The molecule has 0 heterocycles. The molecular formula is C21H29NO2. The molecule has 2 fully saturated rings. The van der Waals surface area contributed by atoms with Crippen molar-refractivity contribution in [1.29, 1.82) is 5.26 Å². The van der Waals surface area contributed by atoms with Gasteiger partial charge >= 0.3 is 0 Å². The van der Waals surface area contributed by atoms with Crippen LogP contribution in [0.3, 0.4) is 0 Å². The lowest BCUT2D eigenvalue weighted by Gasteiger charge is -2.57. The summed E-state index contributed by atoms with van der Waals surface area (Å²) in [6, 6.07) is 2.27. The summed E-state index contributed by atoms with van der Waals surface area (Å²) >= 11 is 0. The van der Waals surface area contributed by atoms with Crippen LogP contribution in [0.5, 0.6) is 0 Å². The minimum atomic E-state index is -1.12. The van der Waals surface area contributed by atoms with Gasteiger partial charge in [0.2, 0.25) is 0 Å². The zero-order valence-corrected chi connectivity index (χ0v) is 15.1. The number of allylic oxidation sites excluding steroid dienone is 4. The lowest BCUT2D eigenvalue weighted by Crippen LogP contribution is -2.53. The van der Waals surface area contributed by atoms with E-state index in [-0.39, 0.29) is 10.8 Å². The Kier molecular flexibility index (Phi) is 3.45. The molecule has 0 bridgehead atoms. The molecule has 0 amide bonds. The molecule has 3 heteroatoms. The van der Waals surface area contributed by atoms with Gasteiger partial charge in [-0.05, 0) is 73.3 Å². The highest BCUT2D eigenvalue weighted by molar-refractivity contribution is 5.36. The summed E-state index contributed by atoms with van der Waals surface area (Å²) in [7, 11) is 1.77. The molecule has 0 spiro atoms. The van der Waals surface area contributed by atoms with Crippen molar-refractivity contribution >= 4 is 0 Å². The number of hydrogen-bond donors (Lipinski definition) is 1. The molecule has 0 radical (unpaired) electrons. The Balaban J connectivity index is 1.71. The Morgan fingerprint density at radius 2 is 1.96 bits per heavy atom. The van der Waals surface area contributed by atoms with Crippen LogP contribution in [0.2, 0.25) is 0 Å². The van der Waals surface area contributed by atoms with Crippen molar-refractivity contribution in [3.63, 3.8) is 0 Å². The molecule has 0 unspecified atom stereocenters. The number of nitrogens with zero attached hydrogens (tertiary/aromatic N) is 1. The highest BCUT2D eigenvalue weighted by atomic mass is 16.5. The Labute approximate surface area is 145 Å². The van der Waals surface area contributed by atoms with E-state index in [2.05, 4.69) is 32.1 Å². The van der Waals surface area contributed by atoms with Crippen LogP contribution >= 0.6 is 0 Å². The van der Waals surface area contributed by atoms with Crippen LogP contribution in [0.15, 0.2) is 23.5 Å². The highest BCUT2D eigenvalue weighted by Crippen LogP contribution is 2.66. The molecule has 0 aromatic carbocycles. The monoisotopic (exact) mass is 327 g/mol. The standard InChI is InChI=1S/C21H29NO2/c1-19-9-6-15(24-3)12-14(19)4-5-16-17(19)7-10-20(2)18(16)8-11-21(20,23)13-22/h4,12,16-18,23H,5-11H2,1-3H3/t16-,17+,18+,19+,20+,21+/m1/s1. The lowest BCUT2D eigenvalue weighted by atomic mass is 9.47. The molecular weight excluding hydrogens is 298 g/mol. The second kappa shape index (κ2) is 5.11. The number of ether oxygens (including phenoxy) is 1. The van der Waals surface area contributed by atoms with E-state index < -0.39 is 5.60 Å². The number of aliphatic hydroxyl groups is 1. The molecule has 24 heavy (non-hydrogen) atoms. The third-order valence-electron chi connectivity index (χ3n) is 8.33. The van der Waals surface area contributed by atoms with Crippen LogP contribution < -0.4 is 0 Å². The quantitative estimate of drug-likeness (QED) is 0.729. The molecule has 0 aromatic heterocycles. The normalized spacial score (nSPS) is 49.9. The number of methoxy groups -OCH3 is 1. The van der Waals surface area contributed by atoms with Crippen molar-refractivity contribution in [2.45, 2.75) is 64.4 Å². The van der Waals surface area contributed by atoms with E-state index in [1.807, 2.05) is 0 Å². The summed E-state index contributed by atoms with van der Waals surface area (Å²) in [4.78, 5) is 0. The van der Waals surface area contributed by atoms with Crippen LogP contribution in [0.25, 0.3) is 0 Å². The van der Waals surface area contributed by atoms with Crippen molar-refractivity contribution < 1.29 is 9.84 Å². The number of fused-ring (bicyclic) bond motifs is 5. The number of rotatable bonds is 1. The van der Waals surface area contributed by atoms with Crippen LogP contribution in [0.4, 0.5) is 0 Å². The van der Waals surface area contributed by atoms with Gasteiger partial charge in [-0.1, -0.05) is 19.9 Å². The molecule has 130 valence electrons. The summed E-state index contributed by atoms with van der Waals surface area (Å²) in [5.74, 6) is 2.87. The van der Waals surface area contributed by atoms with Gasteiger partial charge in [-0.2, -0.15) is 5.26 Å². The van der Waals surface area contributed by atoms with Crippen molar-refractivity contribution in [3.05, 3.63) is 23.5 Å². The van der Waals surface area contributed by atoms with Crippen LogP contribution in [-0.2, 0) is 4.74 Å². The smallest absolute Gasteiger partial charge is 0.156 e. The third kappa shape index (κ3) is 1.87. The molecule has 6 atom stereocenters. The first kappa shape index (κ1) is 16.2. The predicted molar refractivity (Wildman–Crippen MR) is 92.7 cm³/mol. The van der Waals surface area contributed by atoms with Crippen LogP contribution in [-0.4, -0.2) is 17.8 Å². The van der Waals surface area contributed by atoms with Gasteiger partial charge in [0.1, 0.15) is 0 Å². The van der Waals surface area contributed by atoms with Crippen LogP contribution in [0.1, 0.15) is 58.8 Å². The molecule has 0 aliphatic heterocycles. The van der Waals surface area contributed by atoms with Crippen molar-refractivity contribution in [2.24, 2.45) is 28.6 Å². The van der Waals surface area contributed by atoms with Crippen molar-refractivity contribution in [1.82, 2.24) is 0 Å². The van der Waals surface area contributed by atoms with Gasteiger partial charge in [-0.15, -0.1) is 0 Å². The molecule has 4 aliphatic rings. The maximum atomic E-state index is 10.9. The molecule has 4 aliphatic carbocycles. The maximum absolute atomic E-state index is 10.9. The van der Waals surface area contributed by atoms with Gasteiger partial charge in [0, 0.05) is 11.8 Å². The van der Waals surface area contributed by atoms with Crippen LogP contribution in [0, 0.1) is 39.9 Å². The Hall–Kier alpha value is -1.27. The Morgan fingerprint density at radius 3 is 2.67 bits per heavy atom. The Bertz CT molecular complexity index is 659. The maximum Gasteiger partial charge on any atom is 0.156 e. The largest absolute Gasteiger partial charge is 0.501 e. The molecule has 0 saturated heterocycles. The first-order valence-corrected chi connectivity index (χ1v) is 9.47. The summed E-state index contributed by atoms with van der Waals surface area (Å²) in [5.41, 5.74) is 0.347. The second-order valence-electron chi connectivity index (χ2n) is 8.97. The molecule has 2 saturated carbocycles. The zero-order chi connectivity index (χ0) is 17.2. The third-order valence-corrected chi connectivity index (χ3v) is 8.33. The van der Waals surface area contributed by atoms with E-state index in [1.54, 1.807) is 7.11 Å². The Morgan fingerprint density at radius 1 is 1.21 bits per heavy atom. The van der Waals surface area contributed by atoms with Gasteiger partial charge in [-0.25, -0.2) is 0 Å². The van der Waals surface area contributed by atoms with Gasteiger partial charge in [0.15, 0.2) is 5.60 Å². The zero-order valence-electron chi connectivity index (χ0n) is 15.1. The summed E-state index contributed by atoms with van der Waals surface area (Å²) in [6.07, 6.45) is 11.7.